The first-order valence-electron chi connectivity index (χ1n) is 7.47. The highest BCUT2D eigenvalue weighted by Gasteiger charge is 2.42. The molecule has 2 unspecified atom stereocenters. The van der Waals surface area contributed by atoms with Gasteiger partial charge in [0.15, 0.2) is 0 Å². The molecule has 5 heteroatoms. The highest BCUT2D eigenvalue weighted by atomic mass is 16.4. The second-order valence-corrected chi connectivity index (χ2v) is 6.04. The molecule has 0 spiro atoms. The van der Waals surface area contributed by atoms with Crippen molar-refractivity contribution in [2.45, 2.75) is 44.6 Å². The number of nitriles is 1. The van der Waals surface area contributed by atoms with Crippen molar-refractivity contribution in [3.8, 4) is 6.07 Å². The van der Waals surface area contributed by atoms with Crippen molar-refractivity contribution >= 4 is 11.9 Å². The van der Waals surface area contributed by atoms with Crippen LogP contribution in [0, 0.1) is 17.2 Å². The first-order chi connectivity index (χ1) is 10.5. The first kappa shape index (κ1) is 16.0. The maximum Gasteiger partial charge on any atom is 0.308 e. The van der Waals surface area contributed by atoms with Crippen molar-refractivity contribution in [3.63, 3.8) is 0 Å². The second-order valence-electron chi connectivity index (χ2n) is 6.04. The fourth-order valence-electron chi connectivity index (χ4n) is 3.12. The summed E-state index contributed by atoms with van der Waals surface area (Å²) in [4.78, 5) is 23.9. The van der Waals surface area contributed by atoms with E-state index in [0.717, 1.165) is 18.4 Å². The third kappa shape index (κ3) is 3.45. The van der Waals surface area contributed by atoms with E-state index in [4.69, 9.17) is 5.26 Å². The monoisotopic (exact) mass is 300 g/mol. The topological polar surface area (TPSA) is 90.2 Å². The van der Waals surface area contributed by atoms with Gasteiger partial charge in [-0.3, -0.25) is 9.59 Å². The van der Waals surface area contributed by atoms with Crippen LogP contribution in [-0.2, 0) is 11.2 Å². The van der Waals surface area contributed by atoms with Gasteiger partial charge in [0.1, 0.15) is 0 Å². The van der Waals surface area contributed by atoms with Crippen molar-refractivity contribution in [2.24, 2.45) is 5.92 Å². The lowest BCUT2D eigenvalue weighted by Gasteiger charge is -2.39. The molecule has 5 nitrogen and oxygen atoms in total. The number of rotatable bonds is 4. The second kappa shape index (κ2) is 6.61. The van der Waals surface area contributed by atoms with E-state index in [9.17, 15) is 14.7 Å². The van der Waals surface area contributed by atoms with E-state index >= 15 is 0 Å². The average Bonchev–Trinajstić information content (AvgIpc) is 2.47. The summed E-state index contributed by atoms with van der Waals surface area (Å²) < 4.78 is 0. The molecule has 1 amide bonds. The molecule has 0 aromatic heterocycles. The van der Waals surface area contributed by atoms with Gasteiger partial charge in [-0.25, -0.2) is 0 Å². The van der Waals surface area contributed by atoms with Crippen molar-refractivity contribution in [1.82, 2.24) is 5.32 Å². The van der Waals surface area contributed by atoms with Crippen molar-refractivity contribution in [1.29, 1.82) is 5.26 Å². The van der Waals surface area contributed by atoms with Crippen molar-refractivity contribution < 1.29 is 14.7 Å². The lowest BCUT2D eigenvalue weighted by Crippen LogP contribution is -2.55. The van der Waals surface area contributed by atoms with Gasteiger partial charge < -0.3 is 10.4 Å². The fourth-order valence-corrected chi connectivity index (χ4v) is 3.12. The molecule has 1 fully saturated rings. The summed E-state index contributed by atoms with van der Waals surface area (Å²) in [6.07, 6.45) is 3.28. The molecule has 116 valence electrons. The van der Waals surface area contributed by atoms with E-state index in [1.165, 1.54) is 0 Å². The molecule has 0 heterocycles. The van der Waals surface area contributed by atoms with Crippen LogP contribution in [0.15, 0.2) is 24.3 Å². The van der Waals surface area contributed by atoms with Gasteiger partial charge in [-0.1, -0.05) is 25.0 Å². The van der Waals surface area contributed by atoms with E-state index < -0.39 is 17.4 Å². The summed E-state index contributed by atoms with van der Waals surface area (Å²) >= 11 is 0. The van der Waals surface area contributed by atoms with Crippen LogP contribution in [-0.4, -0.2) is 22.5 Å². The molecule has 1 aromatic rings. The molecule has 1 aromatic carbocycles. The number of carbonyl (C=O) groups excluding carboxylic acids is 1. The van der Waals surface area contributed by atoms with E-state index in [0.29, 0.717) is 18.4 Å². The maximum atomic E-state index is 12.5. The molecule has 2 N–H and O–H groups in total. The zero-order chi connectivity index (χ0) is 16.2. The lowest BCUT2D eigenvalue weighted by molar-refractivity contribution is -0.145. The lowest BCUT2D eigenvalue weighted by atomic mass is 9.73. The van der Waals surface area contributed by atoms with Crippen LogP contribution in [0.3, 0.4) is 0 Å². The number of carbonyl (C=O) groups is 2. The van der Waals surface area contributed by atoms with Crippen LogP contribution in [0.1, 0.15) is 48.5 Å². The normalized spacial score (nSPS) is 24.3. The highest BCUT2D eigenvalue weighted by molar-refractivity contribution is 5.95. The molecule has 22 heavy (non-hydrogen) atoms. The summed E-state index contributed by atoms with van der Waals surface area (Å²) in [7, 11) is 0. The quantitative estimate of drug-likeness (QED) is 0.894. The minimum absolute atomic E-state index is 0.246. The van der Waals surface area contributed by atoms with Crippen LogP contribution in [0.25, 0.3) is 0 Å². The minimum Gasteiger partial charge on any atom is -0.481 e. The molecule has 1 saturated carbocycles. The predicted octanol–water partition coefficient (Wildman–Crippen LogP) is 2.52. The van der Waals surface area contributed by atoms with Crippen molar-refractivity contribution in [2.75, 3.05) is 0 Å². The molecule has 2 atom stereocenters. The SMILES string of the molecule is CC1(NC(=O)c2cccc(CC#N)c2)CCCCC1C(=O)O. The largest absolute Gasteiger partial charge is 0.481 e. The number of nitrogens with zero attached hydrogens (tertiary/aromatic N) is 1. The number of hydrogen-bond donors (Lipinski definition) is 2. The van der Waals surface area contributed by atoms with E-state index in [1.807, 2.05) is 6.92 Å². The molecule has 2 rings (SSSR count). The molecular weight excluding hydrogens is 280 g/mol. The molecule has 0 bridgehead atoms. The Labute approximate surface area is 129 Å². The van der Waals surface area contributed by atoms with Gasteiger partial charge in [0.25, 0.3) is 5.91 Å². The van der Waals surface area contributed by atoms with Gasteiger partial charge in [0, 0.05) is 5.56 Å². The smallest absolute Gasteiger partial charge is 0.308 e. The highest BCUT2D eigenvalue weighted by Crippen LogP contribution is 2.34. The summed E-state index contributed by atoms with van der Waals surface area (Å²) in [6.45, 7) is 1.81. The van der Waals surface area contributed by atoms with Gasteiger partial charge in [0.2, 0.25) is 0 Å². The number of amides is 1. The number of benzene rings is 1. The Morgan fingerprint density at radius 1 is 1.45 bits per heavy atom. The number of aliphatic carboxylic acids is 1. The Morgan fingerprint density at radius 2 is 2.23 bits per heavy atom. The summed E-state index contributed by atoms with van der Waals surface area (Å²) in [5.74, 6) is -1.70. The van der Waals surface area contributed by atoms with E-state index in [2.05, 4.69) is 11.4 Å². The fraction of sp³-hybridized carbons (Fsp3) is 0.471. The minimum atomic E-state index is -0.860. The van der Waals surface area contributed by atoms with Gasteiger partial charge in [-0.2, -0.15) is 5.26 Å². The van der Waals surface area contributed by atoms with Gasteiger partial charge in [-0.15, -0.1) is 0 Å². The third-order valence-corrected chi connectivity index (χ3v) is 4.38. The van der Waals surface area contributed by atoms with Crippen LogP contribution < -0.4 is 5.32 Å². The van der Waals surface area contributed by atoms with Gasteiger partial charge >= 0.3 is 5.97 Å². The molecule has 0 aliphatic heterocycles. The summed E-state index contributed by atoms with van der Waals surface area (Å²) in [5.41, 5.74) is 0.509. The number of nitrogens with one attached hydrogen (secondary N) is 1. The van der Waals surface area contributed by atoms with Crippen LogP contribution >= 0.6 is 0 Å². The standard InChI is InChI=1S/C17H20N2O3/c1-17(9-3-2-7-14(17)16(21)22)19-15(20)13-6-4-5-12(11-13)8-10-18/h4-6,11,14H,2-3,7-9H2,1H3,(H,19,20)(H,21,22). The van der Waals surface area contributed by atoms with E-state index in [1.54, 1.807) is 24.3 Å². The van der Waals surface area contributed by atoms with Crippen LogP contribution in [0.2, 0.25) is 0 Å². The van der Waals surface area contributed by atoms with Crippen LogP contribution in [0.5, 0.6) is 0 Å². The van der Waals surface area contributed by atoms with Crippen LogP contribution in [0.4, 0.5) is 0 Å². The number of carboxylic acids is 1. The Bertz CT molecular complexity index is 621. The number of carboxylic acid groups (broad SMARTS) is 1. The first-order valence-corrected chi connectivity index (χ1v) is 7.47. The molecule has 1 aliphatic rings. The zero-order valence-electron chi connectivity index (χ0n) is 12.6. The van der Waals surface area contributed by atoms with E-state index in [-0.39, 0.29) is 12.3 Å². The van der Waals surface area contributed by atoms with Gasteiger partial charge in [-0.05, 0) is 37.5 Å². The maximum absolute atomic E-state index is 12.5. The summed E-state index contributed by atoms with van der Waals surface area (Å²) in [6, 6.07) is 8.94. The molecule has 1 aliphatic carbocycles. The Balaban J connectivity index is 2.18. The third-order valence-electron chi connectivity index (χ3n) is 4.38. The Hall–Kier alpha value is -2.35. The number of hydrogen-bond acceptors (Lipinski definition) is 3. The predicted molar refractivity (Wildman–Crippen MR) is 81.2 cm³/mol. The van der Waals surface area contributed by atoms with Crippen molar-refractivity contribution in [3.05, 3.63) is 35.4 Å². The summed E-state index contributed by atoms with van der Waals surface area (Å²) in [5, 5.41) is 21.0. The zero-order valence-corrected chi connectivity index (χ0v) is 12.6. The Morgan fingerprint density at radius 3 is 2.91 bits per heavy atom. The molecular formula is C17H20N2O3. The Kier molecular flexibility index (Phi) is 4.81. The average molecular weight is 300 g/mol. The molecule has 0 saturated heterocycles. The molecule has 0 radical (unpaired) electrons. The van der Waals surface area contributed by atoms with Gasteiger partial charge in [0.05, 0.1) is 23.9 Å².